The summed E-state index contributed by atoms with van der Waals surface area (Å²) in [5.74, 6) is -0.991. The number of nitrogens with zero attached hydrogens (tertiary/aromatic N) is 2. The predicted molar refractivity (Wildman–Crippen MR) is 52.5 cm³/mol. The first-order valence-electron chi connectivity index (χ1n) is 4.30. The predicted octanol–water partition coefficient (Wildman–Crippen LogP) is -0.229. The van der Waals surface area contributed by atoms with Crippen molar-refractivity contribution in [2.24, 2.45) is 4.99 Å². The molecule has 0 aromatic carbocycles. The number of Topliss-reactive ketones (excluding diaryl/α,β-unsaturated/α-hetero) is 2. The molecule has 1 aliphatic rings. The molecule has 1 amide bonds. The number of hydrogen-bond acceptors (Lipinski definition) is 5. The average Bonchev–Trinajstić information content (AvgIpc) is 2.16. The molecular formula is C9H11N3O3. The fourth-order valence-electron chi connectivity index (χ4n) is 0.940. The Hall–Kier alpha value is -1.98. The first-order valence-corrected chi connectivity index (χ1v) is 4.30. The van der Waals surface area contributed by atoms with Gasteiger partial charge in [-0.2, -0.15) is 0 Å². The van der Waals surface area contributed by atoms with Crippen molar-refractivity contribution in [3.05, 3.63) is 11.9 Å². The van der Waals surface area contributed by atoms with Crippen molar-refractivity contribution in [2.45, 2.75) is 20.8 Å². The van der Waals surface area contributed by atoms with Gasteiger partial charge in [0.2, 0.25) is 5.91 Å². The molecule has 0 bridgehead atoms. The minimum Gasteiger partial charge on any atom is -0.293 e. The molecule has 0 aliphatic carbocycles. The highest BCUT2D eigenvalue weighted by atomic mass is 16.2. The van der Waals surface area contributed by atoms with E-state index in [0.717, 1.165) is 5.01 Å². The zero-order chi connectivity index (χ0) is 11.6. The Balaban J connectivity index is 3.07. The van der Waals surface area contributed by atoms with Crippen LogP contribution in [0.5, 0.6) is 0 Å². The molecule has 0 fully saturated rings. The third-order valence-corrected chi connectivity index (χ3v) is 1.74. The molecule has 1 heterocycles. The number of hydrogen-bond donors (Lipinski definition) is 1. The van der Waals surface area contributed by atoms with Crippen molar-refractivity contribution in [3.63, 3.8) is 0 Å². The van der Waals surface area contributed by atoms with E-state index in [1.807, 2.05) is 0 Å². The molecule has 0 aromatic rings. The normalized spacial score (nSPS) is 15.0. The van der Waals surface area contributed by atoms with E-state index < -0.39 is 0 Å². The summed E-state index contributed by atoms with van der Waals surface area (Å²) in [4.78, 5) is 37.0. The van der Waals surface area contributed by atoms with E-state index >= 15 is 0 Å². The summed E-state index contributed by atoms with van der Waals surface area (Å²) in [5, 5.41) is 1.06. The highest BCUT2D eigenvalue weighted by molar-refractivity contribution is 6.38. The summed E-state index contributed by atoms with van der Waals surface area (Å²) in [6, 6.07) is 0. The summed E-state index contributed by atoms with van der Waals surface area (Å²) in [5.41, 5.74) is 2.57. The van der Waals surface area contributed by atoms with Crippen molar-refractivity contribution in [1.82, 2.24) is 10.4 Å². The van der Waals surface area contributed by atoms with Crippen LogP contribution in [0, 0.1) is 0 Å². The Bertz CT molecular complexity index is 395. The maximum Gasteiger partial charge on any atom is 0.242 e. The highest BCUT2D eigenvalue weighted by Gasteiger charge is 2.20. The lowest BCUT2D eigenvalue weighted by Crippen LogP contribution is -2.46. The molecule has 0 saturated carbocycles. The molecule has 0 spiro atoms. The van der Waals surface area contributed by atoms with Gasteiger partial charge in [-0.25, -0.2) is 10.0 Å². The van der Waals surface area contributed by atoms with Crippen LogP contribution >= 0.6 is 0 Å². The van der Waals surface area contributed by atoms with Gasteiger partial charge in [-0.05, 0) is 0 Å². The molecule has 1 rings (SSSR count). The Morgan fingerprint density at radius 3 is 2.20 bits per heavy atom. The van der Waals surface area contributed by atoms with Crippen LogP contribution in [-0.4, -0.2) is 28.3 Å². The largest absolute Gasteiger partial charge is 0.293 e. The first kappa shape index (κ1) is 11.1. The van der Waals surface area contributed by atoms with E-state index in [1.54, 1.807) is 0 Å². The minimum atomic E-state index is -0.340. The summed E-state index contributed by atoms with van der Waals surface area (Å²) in [6.07, 6.45) is 1.26. The maximum absolute atomic E-state index is 11.1. The van der Waals surface area contributed by atoms with Crippen LogP contribution in [0.1, 0.15) is 20.8 Å². The smallest absolute Gasteiger partial charge is 0.242 e. The van der Waals surface area contributed by atoms with Gasteiger partial charge in [-0.15, -0.1) is 0 Å². The molecule has 15 heavy (non-hydrogen) atoms. The first-order chi connectivity index (χ1) is 6.91. The summed E-state index contributed by atoms with van der Waals surface area (Å²) in [7, 11) is 0. The third-order valence-electron chi connectivity index (χ3n) is 1.74. The molecule has 6 nitrogen and oxygen atoms in total. The molecule has 1 N–H and O–H groups in total. The summed E-state index contributed by atoms with van der Waals surface area (Å²) < 4.78 is 0. The van der Waals surface area contributed by atoms with Crippen molar-refractivity contribution >= 4 is 23.3 Å². The molecule has 0 aromatic heterocycles. The summed E-state index contributed by atoms with van der Waals surface area (Å²) >= 11 is 0. The van der Waals surface area contributed by atoms with Crippen LogP contribution in [-0.2, 0) is 14.4 Å². The van der Waals surface area contributed by atoms with Gasteiger partial charge < -0.3 is 0 Å². The Labute approximate surface area is 86.6 Å². The Morgan fingerprint density at radius 1 is 1.20 bits per heavy atom. The van der Waals surface area contributed by atoms with Crippen LogP contribution < -0.4 is 5.43 Å². The van der Waals surface area contributed by atoms with E-state index in [9.17, 15) is 14.4 Å². The average molecular weight is 209 g/mol. The number of nitrogens with one attached hydrogen (secondary N) is 1. The van der Waals surface area contributed by atoms with Crippen LogP contribution in [0.25, 0.3) is 0 Å². The van der Waals surface area contributed by atoms with Crippen molar-refractivity contribution in [1.29, 1.82) is 0 Å². The number of carbonyl (C=O) groups excluding carboxylic acids is 3. The lowest BCUT2D eigenvalue weighted by atomic mass is 10.3. The Morgan fingerprint density at radius 2 is 1.80 bits per heavy atom. The maximum atomic E-state index is 11.1. The number of carbonyl (C=O) groups is 3. The molecule has 0 radical (unpaired) electrons. The number of amides is 1. The second kappa shape index (κ2) is 4.04. The van der Waals surface area contributed by atoms with Crippen molar-refractivity contribution in [2.75, 3.05) is 0 Å². The number of aliphatic imine (C=N–C) groups is 1. The molecule has 0 unspecified atom stereocenters. The van der Waals surface area contributed by atoms with Gasteiger partial charge >= 0.3 is 0 Å². The lowest BCUT2D eigenvalue weighted by molar-refractivity contribution is -0.128. The summed E-state index contributed by atoms with van der Waals surface area (Å²) in [6.45, 7) is 3.92. The van der Waals surface area contributed by atoms with Gasteiger partial charge in [0.15, 0.2) is 17.4 Å². The molecule has 0 saturated heterocycles. The SMILES string of the molecule is CC(=O)C1=CN(C(C)=O)NC(C(C)=O)=N1. The molecule has 6 heteroatoms. The number of allylic oxidation sites excluding steroid dienone is 1. The minimum absolute atomic E-state index is 0.0158. The zero-order valence-corrected chi connectivity index (χ0v) is 8.70. The highest BCUT2D eigenvalue weighted by Crippen LogP contribution is 2.06. The zero-order valence-electron chi connectivity index (χ0n) is 8.70. The van der Waals surface area contributed by atoms with Crippen LogP contribution in [0.4, 0.5) is 0 Å². The van der Waals surface area contributed by atoms with Gasteiger partial charge in [0.05, 0.1) is 6.20 Å². The van der Waals surface area contributed by atoms with Crippen LogP contribution in [0.3, 0.4) is 0 Å². The lowest BCUT2D eigenvalue weighted by Gasteiger charge is -2.23. The van der Waals surface area contributed by atoms with E-state index in [0.29, 0.717) is 0 Å². The number of hydrazine groups is 1. The van der Waals surface area contributed by atoms with E-state index in [-0.39, 0.29) is 29.0 Å². The van der Waals surface area contributed by atoms with Crippen molar-refractivity contribution < 1.29 is 14.4 Å². The topological polar surface area (TPSA) is 78.8 Å². The quantitative estimate of drug-likeness (QED) is 0.681. The standard InChI is InChI=1S/C9H11N3O3/c1-5(13)8-4-12(7(3)15)11-9(10-8)6(2)14/h4H,1-3H3,(H,10,11). The fourth-order valence-corrected chi connectivity index (χ4v) is 0.940. The van der Waals surface area contributed by atoms with Gasteiger partial charge in [0.1, 0.15) is 5.70 Å². The molecule has 80 valence electrons. The van der Waals surface area contributed by atoms with Crippen LogP contribution in [0.15, 0.2) is 16.9 Å². The number of ketones is 2. The second-order valence-corrected chi connectivity index (χ2v) is 3.09. The van der Waals surface area contributed by atoms with Crippen LogP contribution in [0.2, 0.25) is 0 Å². The van der Waals surface area contributed by atoms with E-state index in [4.69, 9.17) is 0 Å². The van der Waals surface area contributed by atoms with Crippen molar-refractivity contribution in [3.8, 4) is 0 Å². The second-order valence-electron chi connectivity index (χ2n) is 3.09. The van der Waals surface area contributed by atoms with Gasteiger partial charge in [-0.1, -0.05) is 0 Å². The van der Waals surface area contributed by atoms with E-state index in [2.05, 4.69) is 10.4 Å². The fraction of sp³-hybridized carbons (Fsp3) is 0.333. The monoisotopic (exact) mass is 209 g/mol. The van der Waals surface area contributed by atoms with Gasteiger partial charge in [-0.3, -0.25) is 19.8 Å². The van der Waals surface area contributed by atoms with E-state index in [1.165, 1.54) is 27.0 Å². The third kappa shape index (κ3) is 2.49. The number of amidine groups is 1. The Kier molecular flexibility index (Phi) is 2.99. The molecular weight excluding hydrogens is 198 g/mol. The van der Waals surface area contributed by atoms with Gasteiger partial charge in [0, 0.05) is 20.8 Å². The number of rotatable bonds is 2. The molecule has 1 aliphatic heterocycles. The molecule has 0 atom stereocenters. The van der Waals surface area contributed by atoms with Gasteiger partial charge in [0.25, 0.3) is 0 Å².